The maximum Gasteiger partial charge on any atom is 0.414 e. The maximum absolute atomic E-state index is 5.64. The number of hydrogen-bond donors (Lipinski definition) is 1. The van der Waals surface area contributed by atoms with Crippen LogP contribution in [0.4, 0.5) is 5.69 Å². The van der Waals surface area contributed by atoms with E-state index in [1.165, 1.54) is 7.11 Å². The Morgan fingerprint density at radius 1 is 1.19 bits per heavy atom. The molecule has 0 radical (unpaired) electrons. The summed E-state index contributed by atoms with van der Waals surface area (Å²) >= 11 is 0. The Balaban J connectivity index is 2.46. The van der Waals surface area contributed by atoms with E-state index in [1.807, 2.05) is 0 Å². The van der Waals surface area contributed by atoms with Gasteiger partial charge in [0.2, 0.25) is 0 Å². The van der Waals surface area contributed by atoms with E-state index in [0.717, 1.165) is 0 Å². The molecule has 2 N–H and O–H groups in total. The number of nitrogens with two attached hydrogens (primary N) is 1. The van der Waals surface area contributed by atoms with Crippen LogP contribution in [-0.4, -0.2) is 24.4 Å². The predicted octanol–water partition coefficient (Wildman–Crippen LogP) is 1.34. The number of ether oxygens (including phenoxy) is 2. The summed E-state index contributed by atoms with van der Waals surface area (Å²) in [5, 5.41) is 7.52. The van der Waals surface area contributed by atoms with Crippen LogP contribution in [0.2, 0.25) is 0 Å². The first-order chi connectivity index (χ1) is 7.74. The second kappa shape index (κ2) is 4.09. The highest BCUT2D eigenvalue weighted by atomic mass is 16.6. The third-order valence-electron chi connectivity index (χ3n) is 2.04. The van der Waals surface area contributed by atoms with Gasteiger partial charge in [0.25, 0.3) is 5.89 Å². The van der Waals surface area contributed by atoms with Gasteiger partial charge in [0.1, 0.15) is 5.75 Å². The number of nitrogens with zero attached hydrogens (tertiary/aromatic N) is 2. The molecule has 0 spiro atoms. The molecule has 0 amide bonds. The number of anilines is 1. The molecule has 16 heavy (non-hydrogen) atoms. The molecule has 0 saturated heterocycles. The number of rotatable bonds is 3. The number of aromatic nitrogens is 2. The highest BCUT2D eigenvalue weighted by Gasteiger charge is 2.13. The lowest BCUT2D eigenvalue weighted by atomic mass is 10.2. The van der Waals surface area contributed by atoms with Gasteiger partial charge in [0, 0.05) is 11.8 Å². The highest BCUT2D eigenvalue weighted by molar-refractivity contribution is 5.66. The van der Waals surface area contributed by atoms with Gasteiger partial charge < -0.3 is 19.6 Å². The molecule has 0 saturated carbocycles. The zero-order valence-electron chi connectivity index (χ0n) is 8.93. The summed E-state index contributed by atoms with van der Waals surface area (Å²) in [7, 11) is 3.00. The minimum absolute atomic E-state index is 0.105. The largest absolute Gasteiger partial charge is 0.496 e. The van der Waals surface area contributed by atoms with Gasteiger partial charge in [-0.3, -0.25) is 0 Å². The van der Waals surface area contributed by atoms with E-state index in [0.29, 0.717) is 22.9 Å². The molecular formula is C10H11N3O3. The number of nitrogen functional groups attached to an aromatic ring is 1. The molecule has 1 aromatic carbocycles. The van der Waals surface area contributed by atoms with Crippen LogP contribution >= 0.6 is 0 Å². The van der Waals surface area contributed by atoms with Crippen molar-refractivity contribution in [3.8, 4) is 23.3 Å². The van der Waals surface area contributed by atoms with Crippen LogP contribution in [0.1, 0.15) is 0 Å². The van der Waals surface area contributed by atoms with E-state index in [2.05, 4.69) is 10.2 Å². The fourth-order valence-corrected chi connectivity index (χ4v) is 1.29. The third-order valence-corrected chi connectivity index (χ3v) is 2.04. The van der Waals surface area contributed by atoms with Crippen molar-refractivity contribution < 1.29 is 13.9 Å². The molecule has 1 aromatic heterocycles. The summed E-state index contributed by atoms with van der Waals surface area (Å²) in [4.78, 5) is 0. The summed E-state index contributed by atoms with van der Waals surface area (Å²) < 4.78 is 15.2. The molecule has 6 heteroatoms. The molecule has 1 heterocycles. The molecule has 0 fully saturated rings. The maximum atomic E-state index is 5.64. The lowest BCUT2D eigenvalue weighted by molar-refractivity contribution is 0.293. The van der Waals surface area contributed by atoms with Gasteiger partial charge in [-0.25, -0.2) is 0 Å². The lowest BCUT2D eigenvalue weighted by Gasteiger charge is -2.05. The number of methoxy groups -OCH3 is 2. The standard InChI is InChI=1S/C10H11N3O3/c1-14-8-5-6(11)3-4-7(8)9-12-13-10(15-2)16-9/h3-5H,11H2,1-2H3. The Morgan fingerprint density at radius 3 is 2.62 bits per heavy atom. The smallest absolute Gasteiger partial charge is 0.414 e. The minimum Gasteiger partial charge on any atom is -0.496 e. The van der Waals surface area contributed by atoms with Gasteiger partial charge in [-0.05, 0) is 12.1 Å². The van der Waals surface area contributed by atoms with Gasteiger partial charge in [0.05, 0.1) is 19.8 Å². The van der Waals surface area contributed by atoms with Crippen LogP contribution in [-0.2, 0) is 0 Å². The SMILES string of the molecule is COc1nnc(-c2ccc(N)cc2OC)o1. The molecule has 2 aromatic rings. The van der Waals surface area contributed by atoms with Crippen molar-refractivity contribution in [1.29, 1.82) is 0 Å². The Bertz CT molecular complexity index is 496. The minimum atomic E-state index is 0.105. The van der Waals surface area contributed by atoms with Gasteiger partial charge in [-0.2, -0.15) is 0 Å². The second-order valence-electron chi connectivity index (χ2n) is 3.04. The van der Waals surface area contributed by atoms with E-state index < -0.39 is 0 Å². The Labute approximate surface area is 92.0 Å². The lowest BCUT2D eigenvalue weighted by Crippen LogP contribution is -1.91. The summed E-state index contributed by atoms with van der Waals surface area (Å²) in [5.41, 5.74) is 6.92. The van der Waals surface area contributed by atoms with Gasteiger partial charge in [-0.1, -0.05) is 5.10 Å². The van der Waals surface area contributed by atoms with Gasteiger partial charge in [0.15, 0.2) is 0 Å². The summed E-state index contributed by atoms with van der Waals surface area (Å²) in [6.45, 7) is 0. The first-order valence-electron chi connectivity index (χ1n) is 4.56. The number of hydrogen-bond acceptors (Lipinski definition) is 6. The van der Waals surface area contributed by atoms with E-state index >= 15 is 0 Å². The summed E-state index contributed by atoms with van der Waals surface area (Å²) in [5.74, 6) is 0.903. The number of benzene rings is 1. The second-order valence-corrected chi connectivity index (χ2v) is 3.04. The zero-order chi connectivity index (χ0) is 11.5. The third kappa shape index (κ3) is 1.77. The van der Waals surface area contributed by atoms with E-state index in [-0.39, 0.29) is 6.08 Å². The quantitative estimate of drug-likeness (QED) is 0.787. The van der Waals surface area contributed by atoms with Crippen LogP contribution in [0.5, 0.6) is 11.8 Å². The van der Waals surface area contributed by atoms with Gasteiger partial charge in [-0.15, -0.1) is 5.10 Å². The molecular weight excluding hydrogens is 210 g/mol. The monoisotopic (exact) mass is 221 g/mol. The highest BCUT2D eigenvalue weighted by Crippen LogP contribution is 2.31. The van der Waals surface area contributed by atoms with Crippen molar-refractivity contribution in [2.24, 2.45) is 0 Å². The van der Waals surface area contributed by atoms with Crippen LogP contribution in [0.3, 0.4) is 0 Å². The fourth-order valence-electron chi connectivity index (χ4n) is 1.29. The fraction of sp³-hybridized carbons (Fsp3) is 0.200. The van der Waals surface area contributed by atoms with E-state index in [9.17, 15) is 0 Å². The summed E-state index contributed by atoms with van der Waals surface area (Å²) in [6, 6.07) is 5.17. The van der Waals surface area contributed by atoms with Crippen LogP contribution in [0.25, 0.3) is 11.5 Å². The molecule has 0 atom stereocenters. The summed E-state index contributed by atoms with van der Waals surface area (Å²) in [6.07, 6.45) is 0.105. The molecule has 6 nitrogen and oxygen atoms in total. The first-order valence-corrected chi connectivity index (χ1v) is 4.56. The van der Waals surface area contributed by atoms with Crippen molar-refractivity contribution in [3.63, 3.8) is 0 Å². The van der Waals surface area contributed by atoms with Crippen LogP contribution in [0.15, 0.2) is 22.6 Å². The van der Waals surface area contributed by atoms with Crippen LogP contribution in [0, 0.1) is 0 Å². The van der Waals surface area contributed by atoms with Gasteiger partial charge >= 0.3 is 6.08 Å². The zero-order valence-corrected chi connectivity index (χ0v) is 8.93. The van der Waals surface area contributed by atoms with Crippen molar-refractivity contribution in [1.82, 2.24) is 10.2 Å². The average molecular weight is 221 g/mol. The molecule has 0 aliphatic heterocycles. The van der Waals surface area contributed by atoms with Crippen molar-refractivity contribution >= 4 is 5.69 Å². The Hall–Kier alpha value is -2.24. The topological polar surface area (TPSA) is 83.4 Å². The normalized spacial score (nSPS) is 10.1. The molecule has 0 unspecified atom stereocenters. The molecule has 0 bridgehead atoms. The molecule has 84 valence electrons. The predicted molar refractivity (Wildman–Crippen MR) is 57.3 cm³/mol. The van der Waals surface area contributed by atoms with Crippen molar-refractivity contribution in [3.05, 3.63) is 18.2 Å². The molecule has 2 rings (SSSR count). The molecule has 0 aliphatic carbocycles. The van der Waals surface area contributed by atoms with Crippen LogP contribution < -0.4 is 15.2 Å². The Kier molecular flexibility index (Phi) is 2.63. The first kappa shape index (κ1) is 10.3. The molecule has 0 aliphatic rings. The van der Waals surface area contributed by atoms with E-state index in [4.69, 9.17) is 19.6 Å². The Morgan fingerprint density at radius 2 is 2.00 bits per heavy atom. The average Bonchev–Trinajstić information content (AvgIpc) is 2.77. The van der Waals surface area contributed by atoms with E-state index in [1.54, 1.807) is 25.3 Å². The van der Waals surface area contributed by atoms with Crippen molar-refractivity contribution in [2.75, 3.05) is 20.0 Å². The van der Waals surface area contributed by atoms with Crippen molar-refractivity contribution in [2.45, 2.75) is 0 Å².